The lowest BCUT2D eigenvalue weighted by atomic mass is 10.3. The summed E-state index contributed by atoms with van der Waals surface area (Å²) < 4.78 is 2.19. The van der Waals surface area contributed by atoms with Gasteiger partial charge in [-0.25, -0.2) is 4.98 Å². The molecule has 0 unspecified atom stereocenters. The number of aromatic nitrogens is 4. The van der Waals surface area contributed by atoms with Gasteiger partial charge in [-0.3, -0.25) is 5.10 Å². The lowest BCUT2D eigenvalue weighted by Gasteiger charge is -2.08. The molecule has 2 heterocycles. The number of unbranched alkanes of at least 4 members (excludes halogenated alkanes) is 1. The zero-order valence-corrected chi connectivity index (χ0v) is 11.3. The fourth-order valence-electron chi connectivity index (χ4n) is 1.91. The Morgan fingerprint density at radius 2 is 2.22 bits per heavy atom. The number of aryl methyl sites for hydroxylation is 3. The second-order valence-corrected chi connectivity index (χ2v) is 4.63. The van der Waals surface area contributed by atoms with Gasteiger partial charge in [0.2, 0.25) is 5.95 Å². The predicted molar refractivity (Wildman–Crippen MR) is 72.5 cm³/mol. The van der Waals surface area contributed by atoms with Crippen LogP contribution in [0.4, 0.5) is 5.95 Å². The monoisotopic (exact) mass is 247 g/mol. The molecule has 0 saturated carbocycles. The average molecular weight is 247 g/mol. The number of rotatable bonds is 6. The summed E-state index contributed by atoms with van der Waals surface area (Å²) in [6.45, 7) is 8.02. The minimum absolute atomic E-state index is 0.755. The molecule has 2 aromatic heterocycles. The Hall–Kier alpha value is -1.78. The van der Waals surface area contributed by atoms with Gasteiger partial charge in [-0.05, 0) is 20.3 Å². The Morgan fingerprint density at radius 3 is 2.89 bits per heavy atom. The van der Waals surface area contributed by atoms with Crippen LogP contribution in [-0.4, -0.2) is 19.7 Å². The lowest BCUT2D eigenvalue weighted by Crippen LogP contribution is -2.07. The molecule has 0 bridgehead atoms. The lowest BCUT2D eigenvalue weighted by molar-refractivity contribution is 0.634. The summed E-state index contributed by atoms with van der Waals surface area (Å²) in [6, 6.07) is 0. The van der Waals surface area contributed by atoms with Crippen LogP contribution in [-0.2, 0) is 13.1 Å². The quantitative estimate of drug-likeness (QED) is 0.825. The van der Waals surface area contributed by atoms with Crippen LogP contribution in [0.15, 0.2) is 12.4 Å². The van der Waals surface area contributed by atoms with E-state index in [0.717, 1.165) is 30.4 Å². The van der Waals surface area contributed by atoms with Crippen molar-refractivity contribution in [1.29, 1.82) is 0 Å². The van der Waals surface area contributed by atoms with Crippen LogP contribution in [0.5, 0.6) is 0 Å². The third-order valence-electron chi connectivity index (χ3n) is 3.02. The Balaban J connectivity index is 2.02. The number of hydrogen-bond donors (Lipinski definition) is 2. The number of imidazole rings is 1. The molecule has 2 aromatic rings. The number of H-pyrrole nitrogens is 1. The molecule has 5 heteroatoms. The van der Waals surface area contributed by atoms with E-state index >= 15 is 0 Å². The molecule has 0 aliphatic rings. The molecule has 2 N–H and O–H groups in total. The highest BCUT2D eigenvalue weighted by atomic mass is 15.2. The summed E-state index contributed by atoms with van der Waals surface area (Å²) in [7, 11) is 0. The SMILES string of the molecule is CCCCn1cc(C)nc1NCc1cn[nH]c1C. The zero-order valence-electron chi connectivity index (χ0n) is 11.3. The number of anilines is 1. The standard InChI is InChI=1S/C13H21N5/c1-4-5-6-18-9-10(2)16-13(18)14-7-12-8-15-17-11(12)3/h8-9H,4-7H2,1-3H3,(H,14,16)(H,15,17). The maximum absolute atomic E-state index is 4.51. The van der Waals surface area contributed by atoms with Crippen LogP contribution in [0, 0.1) is 13.8 Å². The summed E-state index contributed by atoms with van der Waals surface area (Å²) in [4.78, 5) is 4.51. The second kappa shape index (κ2) is 5.71. The van der Waals surface area contributed by atoms with Crippen LogP contribution in [0.1, 0.15) is 36.7 Å². The van der Waals surface area contributed by atoms with Gasteiger partial charge in [0.05, 0.1) is 11.9 Å². The summed E-state index contributed by atoms with van der Waals surface area (Å²) in [5.74, 6) is 0.946. The highest BCUT2D eigenvalue weighted by Crippen LogP contribution is 2.12. The predicted octanol–water partition coefficient (Wildman–Crippen LogP) is 2.64. The zero-order chi connectivity index (χ0) is 13.0. The van der Waals surface area contributed by atoms with Crippen LogP contribution < -0.4 is 5.32 Å². The minimum atomic E-state index is 0.755. The molecule has 0 fully saturated rings. The van der Waals surface area contributed by atoms with Gasteiger partial charge in [-0.1, -0.05) is 13.3 Å². The average Bonchev–Trinajstić information content (AvgIpc) is 2.90. The molecule has 0 spiro atoms. The van der Waals surface area contributed by atoms with Gasteiger partial charge in [0.25, 0.3) is 0 Å². The first-order chi connectivity index (χ1) is 8.70. The summed E-state index contributed by atoms with van der Waals surface area (Å²) in [5.41, 5.74) is 3.33. The number of aromatic amines is 1. The van der Waals surface area contributed by atoms with Crippen molar-refractivity contribution in [2.24, 2.45) is 0 Å². The first-order valence-corrected chi connectivity index (χ1v) is 6.47. The van der Waals surface area contributed by atoms with E-state index in [1.807, 2.05) is 20.0 Å². The van der Waals surface area contributed by atoms with Gasteiger partial charge >= 0.3 is 0 Å². The highest BCUT2D eigenvalue weighted by molar-refractivity contribution is 5.31. The van der Waals surface area contributed by atoms with Crippen molar-refractivity contribution in [1.82, 2.24) is 19.7 Å². The van der Waals surface area contributed by atoms with Crippen molar-refractivity contribution in [3.63, 3.8) is 0 Å². The van der Waals surface area contributed by atoms with Gasteiger partial charge in [-0.15, -0.1) is 0 Å². The molecule has 0 aliphatic heterocycles. The first-order valence-electron chi connectivity index (χ1n) is 6.47. The van der Waals surface area contributed by atoms with E-state index in [1.165, 1.54) is 18.4 Å². The summed E-state index contributed by atoms with van der Waals surface area (Å²) in [5, 5.41) is 10.3. The van der Waals surface area contributed by atoms with E-state index in [2.05, 4.69) is 38.2 Å². The molecule has 5 nitrogen and oxygen atoms in total. The Labute approximate surface area is 108 Å². The second-order valence-electron chi connectivity index (χ2n) is 4.63. The fourth-order valence-corrected chi connectivity index (χ4v) is 1.91. The molecule has 2 rings (SSSR count). The van der Waals surface area contributed by atoms with Crippen molar-refractivity contribution in [2.45, 2.75) is 46.7 Å². The first kappa shape index (κ1) is 12.7. The number of nitrogens with zero attached hydrogens (tertiary/aromatic N) is 3. The Kier molecular flexibility index (Phi) is 4.02. The van der Waals surface area contributed by atoms with Crippen molar-refractivity contribution >= 4 is 5.95 Å². The summed E-state index contributed by atoms with van der Waals surface area (Å²) >= 11 is 0. The molecule has 0 aliphatic carbocycles. The molecule has 98 valence electrons. The topological polar surface area (TPSA) is 58.5 Å². The van der Waals surface area contributed by atoms with Crippen LogP contribution >= 0.6 is 0 Å². The van der Waals surface area contributed by atoms with Crippen molar-refractivity contribution < 1.29 is 0 Å². The van der Waals surface area contributed by atoms with Gasteiger partial charge in [0.1, 0.15) is 0 Å². The fraction of sp³-hybridized carbons (Fsp3) is 0.538. The van der Waals surface area contributed by atoms with Crippen molar-refractivity contribution in [3.8, 4) is 0 Å². The van der Waals surface area contributed by atoms with Gasteiger partial charge in [0, 0.05) is 30.5 Å². The molecule has 0 amide bonds. The molecule has 18 heavy (non-hydrogen) atoms. The van der Waals surface area contributed by atoms with Gasteiger partial charge in [-0.2, -0.15) is 5.10 Å². The maximum Gasteiger partial charge on any atom is 0.203 e. The number of hydrogen-bond acceptors (Lipinski definition) is 3. The number of nitrogens with one attached hydrogen (secondary N) is 2. The van der Waals surface area contributed by atoms with Crippen LogP contribution in [0.2, 0.25) is 0 Å². The van der Waals surface area contributed by atoms with E-state index < -0.39 is 0 Å². The highest BCUT2D eigenvalue weighted by Gasteiger charge is 2.06. The van der Waals surface area contributed by atoms with Gasteiger partial charge < -0.3 is 9.88 Å². The molecular formula is C13H21N5. The maximum atomic E-state index is 4.51. The Bertz CT molecular complexity index is 497. The normalized spacial score (nSPS) is 10.8. The minimum Gasteiger partial charge on any atom is -0.351 e. The molecule has 0 saturated heterocycles. The third kappa shape index (κ3) is 2.91. The van der Waals surface area contributed by atoms with E-state index in [9.17, 15) is 0 Å². The molecule has 0 aromatic carbocycles. The smallest absolute Gasteiger partial charge is 0.203 e. The van der Waals surface area contributed by atoms with Crippen LogP contribution in [0.25, 0.3) is 0 Å². The Morgan fingerprint density at radius 1 is 1.39 bits per heavy atom. The van der Waals surface area contributed by atoms with E-state index in [1.54, 1.807) is 0 Å². The van der Waals surface area contributed by atoms with E-state index in [-0.39, 0.29) is 0 Å². The van der Waals surface area contributed by atoms with E-state index in [4.69, 9.17) is 0 Å². The molecule has 0 radical (unpaired) electrons. The van der Waals surface area contributed by atoms with Crippen molar-refractivity contribution in [3.05, 3.63) is 29.3 Å². The van der Waals surface area contributed by atoms with Gasteiger partial charge in [0.15, 0.2) is 0 Å². The molecular weight excluding hydrogens is 226 g/mol. The third-order valence-corrected chi connectivity index (χ3v) is 3.02. The summed E-state index contributed by atoms with van der Waals surface area (Å²) in [6.07, 6.45) is 6.32. The van der Waals surface area contributed by atoms with Crippen molar-refractivity contribution in [2.75, 3.05) is 5.32 Å². The largest absolute Gasteiger partial charge is 0.351 e. The van der Waals surface area contributed by atoms with Crippen LogP contribution in [0.3, 0.4) is 0 Å². The molecule has 0 atom stereocenters. The van der Waals surface area contributed by atoms with E-state index in [0.29, 0.717) is 0 Å².